The fourth-order valence-corrected chi connectivity index (χ4v) is 2.45. The zero-order chi connectivity index (χ0) is 12.0. The van der Waals surface area contributed by atoms with Crippen LogP contribution in [0.3, 0.4) is 0 Å². The summed E-state index contributed by atoms with van der Waals surface area (Å²) < 4.78 is 0. The molecular formula is C14H30N2. The highest BCUT2D eigenvalue weighted by atomic mass is 15.2. The minimum atomic E-state index is 0.663. The summed E-state index contributed by atoms with van der Waals surface area (Å²) in [4.78, 5) is 2.65. The van der Waals surface area contributed by atoms with Crippen LogP contribution in [-0.2, 0) is 0 Å². The van der Waals surface area contributed by atoms with Gasteiger partial charge in [-0.15, -0.1) is 0 Å². The lowest BCUT2D eigenvalue weighted by molar-refractivity contribution is 0.135. The van der Waals surface area contributed by atoms with E-state index in [-0.39, 0.29) is 0 Å². The topological polar surface area (TPSA) is 15.3 Å². The Labute approximate surface area is 102 Å². The average Bonchev–Trinajstić information content (AvgIpc) is 2.35. The molecule has 16 heavy (non-hydrogen) atoms. The largest absolute Gasteiger partial charge is 0.313 e. The number of piperidine rings is 1. The Morgan fingerprint density at radius 3 is 2.31 bits per heavy atom. The van der Waals surface area contributed by atoms with E-state index >= 15 is 0 Å². The van der Waals surface area contributed by atoms with Crippen molar-refractivity contribution in [2.45, 2.75) is 65.5 Å². The molecule has 2 heteroatoms. The van der Waals surface area contributed by atoms with E-state index in [9.17, 15) is 0 Å². The van der Waals surface area contributed by atoms with Gasteiger partial charge in [0, 0.05) is 18.6 Å². The molecule has 0 aromatic carbocycles. The first-order valence-electron chi connectivity index (χ1n) is 7.14. The normalized spacial score (nSPS) is 23.2. The van der Waals surface area contributed by atoms with Gasteiger partial charge in [0.15, 0.2) is 0 Å². The van der Waals surface area contributed by atoms with E-state index in [4.69, 9.17) is 0 Å². The summed E-state index contributed by atoms with van der Waals surface area (Å²) in [6, 6.07) is 1.36. The maximum absolute atomic E-state index is 3.61. The van der Waals surface area contributed by atoms with Gasteiger partial charge in [-0.2, -0.15) is 0 Å². The highest BCUT2D eigenvalue weighted by molar-refractivity contribution is 4.77. The molecule has 0 amide bonds. The first-order chi connectivity index (χ1) is 7.67. The van der Waals surface area contributed by atoms with Crippen LogP contribution in [0.25, 0.3) is 0 Å². The molecule has 1 aliphatic rings. The second-order valence-electron chi connectivity index (χ2n) is 5.45. The molecule has 2 nitrogen and oxygen atoms in total. The fraction of sp³-hybridized carbons (Fsp3) is 1.00. The molecule has 2 unspecified atom stereocenters. The molecule has 0 saturated carbocycles. The molecule has 1 heterocycles. The minimum absolute atomic E-state index is 0.663. The molecule has 0 spiro atoms. The Bertz CT molecular complexity index is 174. The first kappa shape index (κ1) is 14.0. The molecule has 0 bridgehead atoms. The van der Waals surface area contributed by atoms with Gasteiger partial charge in [-0.05, 0) is 52.1 Å². The molecule has 96 valence electrons. The molecule has 0 radical (unpaired) electrons. The third-order valence-electron chi connectivity index (χ3n) is 4.22. The second kappa shape index (κ2) is 7.29. The molecule has 0 aliphatic carbocycles. The molecule has 1 fully saturated rings. The predicted octanol–water partition coefficient (Wildman–Crippen LogP) is 2.89. The van der Waals surface area contributed by atoms with Gasteiger partial charge in [0.05, 0.1) is 0 Å². The zero-order valence-electron chi connectivity index (χ0n) is 11.6. The number of hydrogen-bond acceptors (Lipinski definition) is 2. The van der Waals surface area contributed by atoms with Crippen LogP contribution in [0.15, 0.2) is 0 Å². The molecule has 1 saturated heterocycles. The van der Waals surface area contributed by atoms with Crippen molar-refractivity contribution >= 4 is 0 Å². The molecule has 1 aliphatic heterocycles. The van der Waals surface area contributed by atoms with E-state index in [1.165, 1.54) is 38.8 Å². The van der Waals surface area contributed by atoms with Gasteiger partial charge in [0.1, 0.15) is 0 Å². The molecular weight excluding hydrogens is 196 g/mol. The molecule has 0 aromatic rings. The number of nitrogens with one attached hydrogen (secondary N) is 1. The first-order valence-corrected chi connectivity index (χ1v) is 7.14. The summed E-state index contributed by atoms with van der Waals surface area (Å²) in [5.41, 5.74) is 0. The van der Waals surface area contributed by atoms with Gasteiger partial charge < -0.3 is 5.32 Å². The quantitative estimate of drug-likeness (QED) is 0.749. The van der Waals surface area contributed by atoms with E-state index in [0.29, 0.717) is 12.1 Å². The maximum Gasteiger partial charge on any atom is 0.0192 e. The van der Waals surface area contributed by atoms with E-state index < -0.39 is 0 Å². The lowest BCUT2D eigenvalue weighted by Gasteiger charge is -2.36. The van der Waals surface area contributed by atoms with Crippen molar-refractivity contribution in [3.05, 3.63) is 0 Å². The lowest BCUT2D eigenvalue weighted by Crippen LogP contribution is -2.46. The summed E-state index contributed by atoms with van der Waals surface area (Å²) in [7, 11) is 0. The summed E-state index contributed by atoms with van der Waals surface area (Å²) in [6.45, 7) is 13.0. The minimum Gasteiger partial charge on any atom is -0.313 e. The van der Waals surface area contributed by atoms with Gasteiger partial charge in [-0.25, -0.2) is 0 Å². The van der Waals surface area contributed by atoms with Crippen LogP contribution >= 0.6 is 0 Å². The van der Waals surface area contributed by atoms with Crippen LogP contribution in [0.1, 0.15) is 53.4 Å². The van der Waals surface area contributed by atoms with E-state index in [1.54, 1.807) is 0 Å². The van der Waals surface area contributed by atoms with Crippen molar-refractivity contribution in [3.8, 4) is 0 Å². The monoisotopic (exact) mass is 226 g/mol. The Balaban J connectivity index is 2.20. The van der Waals surface area contributed by atoms with E-state index in [2.05, 4.69) is 37.9 Å². The Morgan fingerprint density at radius 2 is 1.81 bits per heavy atom. The SMILES string of the molecule is CCC1CCN(C(C)CNC(C)CC)CC1. The second-order valence-corrected chi connectivity index (χ2v) is 5.45. The van der Waals surface area contributed by atoms with Crippen molar-refractivity contribution in [1.29, 1.82) is 0 Å². The summed E-state index contributed by atoms with van der Waals surface area (Å²) in [5.74, 6) is 0.992. The van der Waals surface area contributed by atoms with Gasteiger partial charge in [0.2, 0.25) is 0 Å². The smallest absolute Gasteiger partial charge is 0.0192 e. The lowest BCUT2D eigenvalue weighted by atomic mass is 9.93. The Kier molecular flexibility index (Phi) is 6.37. The third-order valence-corrected chi connectivity index (χ3v) is 4.22. The highest BCUT2D eigenvalue weighted by Crippen LogP contribution is 2.21. The van der Waals surface area contributed by atoms with Crippen LogP contribution in [0.2, 0.25) is 0 Å². The number of rotatable bonds is 6. The highest BCUT2D eigenvalue weighted by Gasteiger charge is 2.21. The van der Waals surface area contributed by atoms with Crippen LogP contribution in [-0.4, -0.2) is 36.6 Å². The number of likely N-dealkylation sites (tertiary alicyclic amines) is 1. The van der Waals surface area contributed by atoms with Crippen molar-refractivity contribution in [1.82, 2.24) is 10.2 Å². The van der Waals surface area contributed by atoms with Gasteiger partial charge in [-0.3, -0.25) is 4.90 Å². The Hall–Kier alpha value is -0.0800. The summed E-state index contributed by atoms with van der Waals surface area (Å²) in [6.07, 6.45) is 5.41. The number of nitrogens with zero attached hydrogens (tertiary/aromatic N) is 1. The van der Waals surface area contributed by atoms with Crippen molar-refractivity contribution in [2.24, 2.45) is 5.92 Å². The fourth-order valence-electron chi connectivity index (χ4n) is 2.45. The van der Waals surface area contributed by atoms with Crippen molar-refractivity contribution in [2.75, 3.05) is 19.6 Å². The summed E-state index contributed by atoms with van der Waals surface area (Å²) in [5, 5.41) is 3.61. The van der Waals surface area contributed by atoms with Crippen molar-refractivity contribution in [3.63, 3.8) is 0 Å². The van der Waals surface area contributed by atoms with Gasteiger partial charge in [0.25, 0.3) is 0 Å². The molecule has 1 rings (SSSR count). The Morgan fingerprint density at radius 1 is 1.19 bits per heavy atom. The van der Waals surface area contributed by atoms with Crippen LogP contribution in [0.5, 0.6) is 0 Å². The molecule has 1 N–H and O–H groups in total. The summed E-state index contributed by atoms with van der Waals surface area (Å²) >= 11 is 0. The van der Waals surface area contributed by atoms with Crippen LogP contribution in [0.4, 0.5) is 0 Å². The molecule has 2 atom stereocenters. The standard InChI is InChI=1S/C14H30N2/c1-5-12(3)15-11-13(4)16-9-7-14(6-2)8-10-16/h12-15H,5-11H2,1-4H3. The van der Waals surface area contributed by atoms with E-state index in [1.807, 2.05) is 0 Å². The molecule has 0 aromatic heterocycles. The average molecular weight is 226 g/mol. The van der Waals surface area contributed by atoms with Gasteiger partial charge >= 0.3 is 0 Å². The van der Waals surface area contributed by atoms with E-state index in [0.717, 1.165) is 12.5 Å². The zero-order valence-corrected chi connectivity index (χ0v) is 11.6. The maximum atomic E-state index is 3.61. The van der Waals surface area contributed by atoms with Crippen LogP contribution < -0.4 is 5.32 Å². The number of hydrogen-bond donors (Lipinski definition) is 1. The van der Waals surface area contributed by atoms with Crippen LogP contribution in [0, 0.1) is 5.92 Å². The van der Waals surface area contributed by atoms with Gasteiger partial charge in [-0.1, -0.05) is 20.3 Å². The third kappa shape index (κ3) is 4.42. The predicted molar refractivity (Wildman–Crippen MR) is 71.8 cm³/mol. The van der Waals surface area contributed by atoms with Crippen molar-refractivity contribution < 1.29 is 0 Å².